The molecule has 2 N–H and O–H groups in total. The summed E-state index contributed by atoms with van der Waals surface area (Å²) in [6.07, 6.45) is 6.61. The van der Waals surface area contributed by atoms with Crippen LogP contribution in [0.5, 0.6) is 11.5 Å². The van der Waals surface area contributed by atoms with Gasteiger partial charge >= 0.3 is 0 Å². The number of hydrogen-bond acceptors (Lipinski definition) is 5. The van der Waals surface area contributed by atoms with Crippen LogP contribution in [0.1, 0.15) is 36.9 Å². The lowest BCUT2D eigenvalue weighted by Crippen LogP contribution is -2.08. The quantitative estimate of drug-likeness (QED) is 0.721. The van der Waals surface area contributed by atoms with Crippen molar-refractivity contribution in [3.05, 3.63) is 23.4 Å². The van der Waals surface area contributed by atoms with Crippen LogP contribution in [-0.4, -0.2) is 37.0 Å². The summed E-state index contributed by atoms with van der Waals surface area (Å²) in [5.41, 5.74) is 4.80. The Kier molecular flexibility index (Phi) is 4.66. The zero-order valence-electron chi connectivity index (χ0n) is 14.8. The average Bonchev–Trinajstić information content (AvgIpc) is 3.34. The number of methoxy groups -OCH3 is 1. The summed E-state index contributed by atoms with van der Waals surface area (Å²) < 4.78 is 11.4. The summed E-state index contributed by atoms with van der Waals surface area (Å²) in [6, 6.07) is 4.02. The number of aliphatic hydroxyl groups excluding tert-OH is 1. The number of aromatic nitrogens is 1. The van der Waals surface area contributed by atoms with Gasteiger partial charge in [0, 0.05) is 42.4 Å². The molecule has 1 fully saturated rings. The molecule has 0 aliphatic heterocycles. The van der Waals surface area contributed by atoms with Crippen molar-refractivity contribution in [2.75, 3.05) is 32.2 Å². The molecule has 0 atom stereocenters. The van der Waals surface area contributed by atoms with E-state index in [2.05, 4.69) is 5.32 Å². The molecular formula is C20H26N2O3. The lowest BCUT2D eigenvalue weighted by Gasteiger charge is -2.17. The van der Waals surface area contributed by atoms with Crippen LogP contribution in [-0.2, 0) is 12.8 Å². The predicted molar refractivity (Wildman–Crippen MR) is 98.7 cm³/mol. The van der Waals surface area contributed by atoms with Gasteiger partial charge < -0.3 is 19.9 Å². The predicted octanol–water partition coefficient (Wildman–Crippen LogP) is 3.32. The van der Waals surface area contributed by atoms with E-state index in [1.807, 2.05) is 12.1 Å². The Morgan fingerprint density at radius 1 is 1.24 bits per heavy atom. The number of benzene rings is 1. The molecule has 134 valence electrons. The fourth-order valence-electron chi connectivity index (χ4n) is 3.56. The van der Waals surface area contributed by atoms with Crippen LogP contribution >= 0.6 is 0 Å². The molecule has 0 spiro atoms. The molecule has 5 nitrogen and oxygen atoms in total. The van der Waals surface area contributed by atoms with E-state index in [0.29, 0.717) is 18.8 Å². The van der Waals surface area contributed by atoms with Crippen LogP contribution in [0.3, 0.4) is 0 Å². The SMILES string of the molecule is COc1cc2c(NCC3CC3)c3c(nc2cc1OCCCO)CCC3. The fraction of sp³-hybridized carbons (Fsp3) is 0.550. The molecule has 2 aromatic rings. The van der Waals surface area contributed by atoms with Gasteiger partial charge in [-0.25, -0.2) is 0 Å². The van der Waals surface area contributed by atoms with E-state index in [4.69, 9.17) is 19.6 Å². The first-order valence-electron chi connectivity index (χ1n) is 9.31. The summed E-state index contributed by atoms with van der Waals surface area (Å²) in [6.45, 7) is 1.63. The first-order valence-corrected chi connectivity index (χ1v) is 9.31. The van der Waals surface area contributed by atoms with Crippen LogP contribution in [0.4, 0.5) is 5.69 Å². The van der Waals surface area contributed by atoms with Crippen molar-refractivity contribution >= 4 is 16.6 Å². The molecule has 25 heavy (non-hydrogen) atoms. The molecule has 1 saturated carbocycles. The summed E-state index contributed by atoms with van der Waals surface area (Å²) in [7, 11) is 1.66. The molecule has 2 aliphatic carbocycles. The second-order valence-electron chi connectivity index (χ2n) is 7.04. The highest BCUT2D eigenvalue weighted by atomic mass is 16.5. The second-order valence-corrected chi connectivity index (χ2v) is 7.04. The summed E-state index contributed by atoms with van der Waals surface area (Å²) in [4.78, 5) is 4.90. The number of hydrogen-bond donors (Lipinski definition) is 2. The van der Waals surface area contributed by atoms with Crippen LogP contribution in [0.15, 0.2) is 12.1 Å². The van der Waals surface area contributed by atoms with Gasteiger partial charge in [0.15, 0.2) is 11.5 Å². The maximum Gasteiger partial charge on any atom is 0.163 e. The van der Waals surface area contributed by atoms with Gasteiger partial charge in [-0.05, 0) is 49.7 Å². The maximum atomic E-state index is 8.96. The molecule has 1 aromatic heterocycles. The fourth-order valence-corrected chi connectivity index (χ4v) is 3.56. The van der Waals surface area contributed by atoms with Crippen LogP contribution < -0.4 is 14.8 Å². The van der Waals surface area contributed by atoms with E-state index in [1.165, 1.54) is 36.2 Å². The zero-order valence-corrected chi connectivity index (χ0v) is 14.8. The number of pyridine rings is 1. The highest BCUT2D eigenvalue weighted by Gasteiger charge is 2.24. The number of anilines is 1. The summed E-state index contributed by atoms with van der Waals surface area (Å²) in [5.74, 6) is 2.24. The Morgan fingerprint density at radius 2 is 2.12 bits per heavy atom. The number of rotatable bonds is 8. The molecular weight excluding hydrogens is 316 g/mol. The van der Waals surface area contributed by atoms with E-state index in [9.17, 15) is 0 Å². The van der Waals surface area contributed by atoms with Gasteiger partial charge in [-0.2, -0.15) is 0 Å². The Balaban J connectivity index is 1.75. The number of fused-ring (bicyclic) bond motifs is 2. The van der Waals surface area contributed by atoms with E-state index < -0.39 is 0 Å². The van der Waals surface area contributed by atoms with Crippen molar-refractivity contribution in [3.8, 4) is 11.5 Å². The standard InChI is InChI=1S/C20H26N2O3/c1-24-18-10-15-17(11-19(18)25-9-3-8-23)22-16-5-2-4-14(16)20(15)21-12-13-6-7-13/h10-11,13,23H,2-9,12H2,1H3,(H,21,22). The van der Waals surface area contributed by atoms with Crippen molar-refractivity contribution in [3.63, 3.8) is 0 Å². The van der Waals surface area contributed by atoms with Gasteiger partial charge in [0.25, 0.3) is 0 Å². The molecule has 4 rings (SSSR count). The minimum atomic E-state index is 0.122. The van der Waals surface area contributed by atoms with E-state index in [-0.39, 0.29) is 6.61 Å². The Hall–Kier alpha value is -2.01. The van der Waals surface area contributed by atoms with E-state index in [0.717, 1.165) is 42.0 Å². The molecule has 0 unspecified atom stereocenters. The summed E-state index contributed by atoms with van der Waals surface area (Å²) in [5, 5.41) is 13.8. The van der Waals surface area contributed by atoms with Gasteiger partial charge in [-0.15, -0.1) is 0 Å². The largest absolute Gasteiger partial charge is 0.493 e. The first-order chi connectivity index (χ1) is 12.3. The van der Waals surface area contributed by atoms with E-state index in [1.54, 1.807) is 7.11 Å². The first kappa shape index (κ1) is 16.5. The van der Waals surface area contributed by atoms with Gasteiger partial charge in [-0.1, -0.05) is 0 Å². The van der Waals surface area contributed by atoms with Crippen molar-refractivity contribution in [1.29, 1.82) is 0 Å². The Labute approximate surface area is 148 Å². The van der Waals surface area contributed by atoms with Crippen molar-refractivity contribution < 1.29 is 14.6 Å². The maximum absolute atomic E-state index is 8.96. The topological polar surface area (TPSA) is 63.6 Å². The van der Waals surface area contributed by atoms with Crippen molar-refractivity contribution in [1.82, 2.24) is 4.98 Å². The Morgan fingerprint density at radius 3 is 2.88 bits per heavy atom. The summed E-state index contributed by atoms with van der Waals surface area (Å²) >= 11 is 0. The lowest BCUT2D eigenvalue weighted by molar-refractivity contribution is 0.228. The molecule has 5 heteroatoms. The third kappa shape index (κ3) is 3.38. The van der Waals surface area contributed by atoms with E-state index >= 15 is 0 Å². The van der Waals surface area contributed by atoms with Gasteiger partial charge in [0.1, 0.15) is 0 Å². The molecule has 2 aliphatic rings. The van der Waals surface area contributed by atoms with Crippen molar-refractivity contribution in [2.24, 2.45) is 5.92 Å². The molecule has 0 bridgehead atoms. The normalized spacial score (nSPS) is 16.1. The second kappa shape index (κ2) is 7.08. The number of nitrogens with one attached hydrogen (secondary N) is 1. The third-order valence-corrected chi connectivity index (χ3v) is 5.12. The number of aliphatic hydroxyl groups is 1. The van der Waals surface area contributed by atoms with Gasteiger partial charge in [0.05, 0.1) is 19.2 Å². The molecule has 0 amide bonds. The number of aryl methyl sites for hydroxylation is 1. The third-order valence-electron chi connectivity index (χ3n) is 5.12. The molecule has 0 radical (unpaired) electrons. The minimum absolute atomic E-state index is 0.122. The zero-order chi connectivity index (χ0) is 17.2. The smallest absolute Gasteiger partial charge is 0.163 e. The van der Waals surface area contributed by atoms with Crippen LogP contribution in [0.25, 0.3) is 10.9 Å². The number of ether oxygens (including phenoxy) is 2. The molecule has 0 saturated heterocycles. The Bertz CT molecular complexity index is 771. The molecule has 1 aromatic carbocycles. The van der Waals surface area contributed by atoms with Crippen LogP contribution in [0.2, 0.25) is 0 Å². The monoisotopic (exact) mass is 342 g/mol. The average molecular weight is 342 g/mol. The van der Waals surface area contributed by atoms with Crippen LogP contribution in [0, 0.1) is 5.92 Å². The van der Waals surface area contributed by atoms with Crippen molar-refractivity contribution in [2.45, 2.75) is 38.5 Å². The highest BCUT2D eigenvalue weighted by Crippen LogP contribution is 2.40. The number of nitrogens with zero attached hydrogens (tertiary/aromatic N) is 1. The lowest BCUT2D eigenvalue weighted by atomic mass is 10.1. The molecule has 1 heterocycles. The van der Waals surface area contributed by atoms with Gasteiger partial charge in [0.2, 0.25) is 0 Å². The minimum Gasteiger partial charge on any atom is -0.493 e. The van der Waals surface area contributed by atoms with Gasteiger partial charge in [-0.3, -0.25) is 4.98 Å². The highest BCUT2D eigenvalue weighted by molar-refractivity contribution is 5.96.